The second-order valence-corrected chi connectivity index (χ2v) is 7.69. The molecule has 11 heteroatoms. The van der Waals surface area contributed by atoms with Gasteiger partial charge in [0.05, 0.1) is 29.4 Å². The minimum absolute atomic E-state index is 0.147. The molecule has 1 aliphatic heterocycles. The van der Waals surface area contributed by atoms with E-state index >= 15 is 0 Å². The SMILES string of the molecule is COc1cc([N+](=O)[O-])ccc1-c1ccc(/C=C2/C(=O)NC(=O)N(c3ccc(Br)cc3)C2=O)o1. The van der Waals surface area contributed by atoms with Gasteiger partial charge < -0.3 is 9.15 Å². The molecule has 0 unspecified atom stereocenters. The third-order valence-electron chi connectivity index (χ3n) is 4.76. The fourth-order valence-corrected chi connectivity index (χ4v) is 3.46. The van der Waals surface area contributed by atoms with Crippen molar-refractivity contribution in [3.05, 3.63) is 80.5 Å². The summed E-state index contributed by atoms with van der Waals surface area (Å²) in [6.07, 6.45) is 1.22. The van der Waals surface area contributed by atoms with Crippen LogP contribution in [0.25, 0.3) is 17.4 Å². The number of nitro benzene ring substituents is 1. The lowest BCUT2D eigenvalue weighted by molar-refractivity contribution is -0.384. The highest BCUT2D eigenvalue weighted by Crippen LogP contribution is 2.35. The molecule has 0 atom stereocenters. The Kier molecular flexibility index (Phi) is 5.80. The van der Waals surface area contributed by atoms with Crippen LogP contribution in [0.4, 0.5) is 16.2 Å². The number of methoxy groups -OCH3 is 1. The number of rotatable bonds is 5. The maximum atomic E-state index is 13.0. The monoisotopic (exact) mass is 511 g/mol. The average molecular weight is 512 g/mol. The van der Waals surface area contributed by atoms with E-state index < -0.39 is 22.8 Å². The zero-order valence-electron chi connectivity index (χ0n) is 16.9. The number of nitrogens with one attached hydrogen (secondary N) is 1. The Balaban J connectivity index is 1.67. The summed E-state index contributed by atoms with van der Waals surface area (Å²) in [7, 11) is 1.37. The van der Waals surface area contributed by atoms with Crippen LogP contribution < -0.4 is 15.0 Å². The molecule has 0 saturated carbocycles. The molecular formula is C22H14BrN3O7. The van der Waals surface area contributed by atoms with Crippen molar-refractivity contribution in [1.82, 2.24) is 5.32 Å². The first-order valence-corrected chi connectivity index (χ1v) is 10.2. The second kappa shape index (κ2) is 8.71. The van der Waals surface area contributed by atoms with Gasteiger partial charge in [-0.25, -0.2) is 9.69 Å². The van der Waals surface area contributed by atoms with Crippen molar-refractivity contribution in [2.75, 3.05) is 12.0 Å². The number of barbiturate groups is 1. The van der Waals surface area contributed by atoms with Crippen LogP contribution in [0.1, 0.15) is 5.76 Å². The Bertz CT molecular complexity index is 1330. The minimum Gasteiger partial charge on any atom is -0.496 e. The quantitative estimate of drug-likeness (QED) is 0.233. The number of hydrogen-bond acceptors (Lipinski definition) is 7. The third kappa shape index (κ3) is 4.26. The number of non-ortho nitro benzene ring substituents is 1. The van der Waals surface area contributed by atoms with Crippen LogP contribution >= 0.6 is 15.9 Å². The largest absolute Gasteiger partial charge is 0.496 e. The van der Waals surface area contributed by atoms with Crippen molar-refractivity contribution < 1.29 is 28.5 Å². The van der Waals surface area contributed by atoms with Crippen LogP contribution in [0.5, 0.6) is 5.75 Å². The Morgan fingerprint density at radius 3 is 2.48 bits per heavy atom. The van der Waals surface area contributed by atoms with Crippen molar-refractivity contribution in [2.24, 2.45) is 0 Å². The number of anilines is 1. The van der Waals surface area contributed by atoms with Crippen molar-refractivity contribution in [3.8, 4) is 17.1 Å². The van der Waals surface area contributed by atoms with Gasteiger partial charge >= 0.3 is 6.03 Å². The lowest BCUT2D eigenvalue weighted by Crippen LogP contribution is -2.54. The number of furan rings is 1. The summed E-state index contributed by atoms with van der Waals surface area (Å²) in [6, 6.07) is 12.7. The summed E-state index contributed by atoms with van der Waals surface area (Å²) in [5, 5.41) is 13.1. The predicted octanol–water partition coefficient (Wildman–Crippen LogP) is 4.29. The smallest absolute Gasteiger partial charge is 0.335 e. The van der Waals surface area contributed by atoms with Gasteiger partial charge in [0.1, 0.15) is 22.8 Å². The normalized spacial score (nSPS) is 15.0. The van der Waals surface area contributed by atoms with Crippen LogP contribution in [-0.4, -0.2) is 29.9 Å². The van der Waals surface area contributed by atoms with E-state index in [0.29, 0.717) is 11.3 Å². The molecule has 4 rings (SSSR count). The maximum absolute atomic E-state index is 13.0. The van der Waals surface area contributed by atoms with E-state index in [1.54, 1.807) is 30.3 Å². The topological polar surface area (TPSA) is 132 Å². The number of benzene rings is 2. The van der Waals surface area contributed by atoms with Crippen molar-refractivity contribution >= 4 is 51.2 Å². The van der Waals surface area contributed by atoms with Gasteiger partial charge in [0.2, 0.25) is 0 Å². The summed E-state index contributed by atoms with van der Waals surface area (Å²) in [5.41, 5.74) is 0.287. The molecule has 0 radical (unpaired) electrons. The standard InChI is InChI=1S/C22H14BrN3O7/c1-32-19-10-14(26(30)31)6-8-16(19)18-9-7-15(33-18)11-17-20(27)24-22(29)25(21(17)28)13-4-2-12(23)3-5-13/h2-11H,1H3,(H,24,27,29)/b17-11-. The van der Waals surface area contributed by atoms with Gasteiger partial charge in [0, 0.05) is 10.5 Å². The molecule has 1 aliphatic rings. The highest BCUT2D eigenvalue weighted by atomic mass is 79.9. The molecule has 3 aromatic rings. The van der Waals surface area contributed by atoms with E-state index in [2.05, 4.69) is 21.2 Å². The second-order valence-electron chi connectivity index (χ2n) is 6.78. The van der Waals surface area contributed by atoms with Gasteiger partial charge in [-0.1, -0.05) is 15.9 Å². The fourth-order valence-electron chi connectivity index (χ4n) is 3.20. The van der Waals surface area contributed by atoms with E-state index in [0.717, 1.165) is 9.37 Å². The van der Waals surface area contributed by atoms with E-state index in [1.165, 1.54) is 37.5 Å². The lowest BCUT2D eigenvalue weighted by atomic mass is 10.1. The predicted molar refractivity (Wildman–Crippen MR) is 120 cm³/mol. The molecule has 0 bridgehead atoms. The summed E-state index contributed by atoms with van der Waals surface area (Å²) >= 11 is 3.28. The van der Waals surface area contributed by atoms with Gasteiger partial charge in [-0.2, -0.15) is 0 Å². The summed E-state index contributed by atoms with van der Waals surface area (Å²) < 4.78 is 11.7. The Morgan fingerprint density at radius 1 is 1.09 bits per heavy atom. The number of hydrogen-bond donors (Lipinski definition) is 1. The number of imide groups is 2. The van der Waals surface area contributed by atoms with Crippen molar-refractivity contribution in [1.29, 1.82) is 0 Å². The number of ether oxygens (including phenoxy) is 1. The lowest BCUT2D eigenvalue weighted by Gasteiger charge is -2.26. The summed E-state index contributed by atoms with van der Waals surface area (Å²) in [5.74, 6) is -0.982. The van der Waals surface area contributed by atoms with Crippen molar-refractivity contribution in [2.45, 2.75) is 0 Å². The molecule has 4 amide bonds. The number of carbonyl (C=O) groups is 3. The van der Waals surface area contributed by atoms with Gasteiger partial charge in [0.15, 0.2) is 0 Å². The Morgan fingerprint density at radius 2 is 1.82 bits per heavy atom. The molecular weight excluding hydrogens is 498 g/mol. The molecule has 1 aromatic heterocycles. The average Bonchev–Trinajstić information content (AvgIpc) is 3.25. The zero-order valence-corrected chi connectivity index (χ0v) is 18.5. The molecule has 166 valence electrons. The minimum atomic E-state index is -0.861. The first kappa shape index (κ1) is 22.0. The van der Waals surface area contributed by atoms with Gasteiger partial charge in [-0.15, -0.1) is 0 Å². The van der Waals surface area contributed by atoms with Crippen molar-refractivity contribution in [3.63, 3.8) is 0 Å². The van der Waals surface area contributed by atoms with E-state index in [9.17, 15) is 24.5 Å². The summed E-state index contributed by atoms with van der Waals surface area (Å²) in [6.45, 7) is 0. The number of carbonyl (C=O) groups excluding carboxylic acids is 3. The van der Waals surface area contributed by atoms with Crippen LogP contribution in [0.2, 0.25) is 0 Å². The molecule has 1 fully saturated rings. The highest BCUT2D eigenvalue weighted by molar-refractivity contribution is 9.10. The molecule has 2 aromatic carbocycles. The molecule has 2 heterocycles. The molecule has 33 heavy (non-hydrogen) atoms. The van der Waals surface area contributed by atoms with Crippen LogP contribution in [0.3, 0.4) is 0 Å². The highest BCUT2D eigenvalue weighted by Gasteiger charge is 2.37. The third-order valence-corrected chi connectivity index (χ3v) is 5.29. The van der Waals surface area contributed by atoms with Crippen LogP contribution in [0.15, 0.2) is 69.1 Å². The van der Waals surface area contributed by atoms with Gasteiger partial charge in [-0.05, 0) is 48.5 Å². The first-order chi connectivity index (χ1) is 15.8. The van der Waals surface area contributed by atoms with E-state index in [-0.39, 0.29) is 28.5 Å². The number of amides is 4. The fraction of sp³-hybridized carbons (Fsp3) is 0.0455. The summed E-state index contributed by atoms with van der Waals surface area (Å²) in [4.78, 5) is 48.9. The molecule has 10 nitrogen and oxygen atoms in total. The van der Waals surface area contributed by atoms with Crippen LogP contribution in [-0.2, 0) is 9.59 Å². The van der Waals surface area contributed by atoms with E-state index in [4.69, 9.17) is 9.15 Å². The number of halogens is 1. The zero-order chi connectivity index (χ0) is 23.7. The Hall–Kier alpha value is -4.25. The molecule has 1 saturated heterocycles. The maximum Gasteiger partial charge on any atom is 0.335 e. The molecule has 0 spiro atoms. The van der Waals surface area contributed by atoms with Crippen LogP contribution in [0, 0.1) is 10.1 Å². The van der Waals surface area contributed by atoms with Gasteiger partial charge in [0.25, 0.3) is 17.5 Å². The first-order valence-electron chi connectivity index (χ1n) is 9.38. The molecule has 1 N–H and O–H groups in total. The van der Waals surface area contributed by atoms with E-state index in [1.807, 2.05) is 0 Å². The number of urea groups is 1. The van der Waals surface area contributed by atoms with Gasteiger partial charge in [-0.3, -0.25) is 25.0 Å². The number of nitrogens with zero attached hydrogens (tertiary/aromatic N) is 2. The number of nitro groups is 1. The Labute approximate surface area is 194 Å². The molecule has 0 aliphatic carbocycles.